The van der Waals surface area contributed by atoms with E-state index < -0.39 is 28.3 Å². The SMILES string of the molecule is CNc1ccc(-c2ccc3nc([I-]OCCF)ccc3c2)cc1. The fourth-order valence-electron chi connectivity index (χ4n) is 2.28. The van der Waals surface area contributed by atoms with Crippen LogP contribution in [-0.2, 0) is 3.07 Å². The van der Waals surface area contributed by atoms with Gasteiger partial charge in [0.15, 0.2) is 0 Å². The number of hydrogen-bond acceptors (Lipinski definition) is 3. The summed E-state index contributed by atoms with van der Waals surface area (Å²) in [6.45, 7) is -0.280. The van der Waals surface area contributed by atoms with Gasteiger partial charge < -0.3 is 0 Å². The zero-order chi connectivity index (χ0) is 16.1. The Bertz CT molecular complexity index is 793. The molecule has 1 N–H and O–H groups in total. The molecule has 3 nitrogen and oxygen atoms in total. The molecular formula is C18H17FIN2O-. The van der Waals surface area contributed by atoms with E-state index in [1.54, 1.807) is 0 Å². The van der Waals surface area contributed by atoms with Crippen molar-refractivity contribution in [2.45, 2.75) is 0 Å². The summed E-state index contributed by atoms with van der Waals surface area (Å²) in [6, 6.07) is 18.6. The van der Waals surface area contributed by atoms with Crippen molar-refractivity contribution in [2.75, 3.05) is 25.6 Å². The van der Waals surface area contributed by atoms with Crippen LogP contribution in [0, 0.1) is 3.70 Å². The van der Waals surface area contributed by atoms with Gasteiger partial charge in [-0.2, -0.15) is 0 Å². The van der Waals surface area contributed by atoms with E-state index in [0.717, 1.165) is 25.9 Å². The number of benzene rings is 2. The van der Waals surface area contributed by atoms with Crippen molar-refractivity contribution in [3.05, 3.63) is 58.3 Å². The van der Waals surface area contributed by atoms with Crippen LogP contribution in [0.4, 0.5) is 10.1 Å². The van der Waals surface area contributed by atoms with Crippen molar-refractivity contribution in [3.63, 3.8) is 0 Å². The standard InChI is InChI=1S/C18H17FIN2O/c1-21-16-6-2-13(3-7-16)14-4-8-17-15(12-14)5-9-18(22-17)20-23-11-10-19/h2-9,12,21H,10-11H2,1H3/q-1. The minimum absolute atomic E-state index is 0.161. The summed E-state index contributed by atoms with van der Waals surface area (Å²) in [7, 11) is 1.91. The van der Waals surface area contributed by atoms with E-state index in [9.17, 15) is 4.39 Å². The van der Waals surface area contributed by atoms with Crippen LogP contribution in [0.25, 0.3) is 22.0 Å². The zero-order valence-corrected chi connectivity index (χ0v) is 14.9. The molecule has 1 aromatic heterocycles. The molecule has 0 saturated carbocycles. The molecule has 0 fully saturated rings. The van der Waals surface area contributed by atoms with Crippen LogP contribution >= 0.6 is 0 Å². The second kappa shape index (κ2) is 7.70. The summed E-state index contributed by atoms with van der Waals surface area (Å²) in [5.74, 6) is 0. The maximum absolute atomic E-state index is 12.1. The topological polar surface area (TPSA) is 34.2 Å². The van der Waals surface area contributed by atoms with E-state index in [2.05, 4.69) is 52.8 Å². The normalized spacial score (nSPS) is 11.0. The van der Waals surface area contributed by atoms with Crippen LogP contribution in [0.5, 0.6) is 0 Å². The van der Waals surface area contributed by atoms with E-state index in [0.29, 0.717) is 0 Å². The number of fused-ring (bicyclic) bond motifs is 1. The van der Waals surface area contributed by atoms with E-state index in [1.165, 1.54) is 5.56 Å². The predicted octanol–water partition coefficient (Wildman–Crippen LogP) is 1.10. The van der Waals surface area contributed by atoms with Crippen molar-refractivity contribution in [2.24, 2.45) is 0 Å². The Morgan fingerprint density at radius 1 is 1.04 bits per heavy atom. The van der Waals surface area contributed by atoms with Gasteiger partial charge in [-0.05, 0) is 0 Å². The molecule has 23 heavy (non-hydrogen) atoms. The Labute approximate surface area is 145 Å². The third-order valence-electron chi connectivity index (χ3n) is 3.45. The molecule has 0 radical (unpaired) electrons. The number of pyridine rings is 1. The van der Waals surface area contributed by atoms with E-state index in [1.807, 2.05) is 19.2 Å². The molecule has 0 atom stereocenters. The van der Waals surface area contributed by atoms with Crippen LogP contribution in [-0.4, -0.2) is 25.3 Å². The van der Waals surface area contributed by atoms with Crippen molar-refractivity contribution in [1.29, 1.82) is 0 Å². The van der Waals surface area contributed by atoms with Gasteiger partial charge in [-0.25, -0.2) is 0 Å². The number of nitrogens with zero attached hydrogens (tertiary/aromatic N) is 1. The van der Waals surface area contributed by atoms with Crippen molar-refractivity contribution >= 4 is 16.6 Å². The van der Waals surface area contributed by atoms with Gasteiger partial charge in [-0.3, -0.25) is 0 Å². The summed E-state index contributed by atoms with van der Waals surface area (Å²) in [4.78, 5) is 4.60. The van der Waals surface area contributed by atoms with Crippen LogP contribution < -0.4 is 26.9 Å². The molecule has 0 amide bonds. The van der Waals surface area contributed by atoms with E-state index in [-0.39, 0.29) is 6.61 Å². The number of rotatable bonds is 6. The van der Waals surface area contributed by atoms with E-state index >= 15 is 0 Å². The summed E-state index contributed by atoms with van der Waals surface area (Å²) in [5, 5.41) is 4.22. The number of nitrogens with one attached hydrogen (secondary N) is 1. The third kappa shape index (κ3) is 3.97. The molecular weight excluding hydrogens is 406 g/mol. The van der Waals surface area contributed by atoms with Crippen LogP contribution in [0.3, 0.4) is 0 Å². The predicted molar refractivity (Wildman–Crippen MR) is 87.3 cm³/mol. The van der Waals surface area contributed by atoms with Gasteiger partial charge in [0.2, 0.25) is 0 Å². The van der Waals surface area contributed by atoms with Gasteiger partial charge in [0, 0.05) is 0 Å². The molecule has 0 aliphatic carbocycles. The van der Waals surface area contributed by atoms with Gasteiger partial charge in [-0.15, -0.1) is 0 Å². The van der Waals surface area contributed by atoms with Crippen molar-refractivity contribution in [1.82, 2.24) is 4.98 Å². The maximum atomic E-state index is 12.1. The molecule has 1 heterocycles. The minimum atomic E-state index is -0.671. The first kappa shape index (κ1) is 16.1. The number of aromatic nitrogens is 1. The van der Waals surface area contributed by atoms with Gasteiger partial charge in [-0.1, -0.05) is 0 Å². The van der Waals surface area contributed by atoms with E-state index in [4.69, 9.17) is 3.07 Å². The van der Waals surface area contributed by atoms with Gasteiger partial charge >= 0.3 is 146 Å². The van der Waals surface area contributed by atoms with Crippen LogP contribution in [0.15, 0.2) is 54.6 Å². The molecule has 0 aliphatic rings. The monoisotopic (exact) mass is 423 g/mol. The summed E-state index contributed by atoms with van der Waals surface area (Å²) in [5.41, 5.74) is 4.38. The molecule has 0 unspecified atom stereocenters. The Kier molecular flexibility index (Phi) is 5.40. The van der Waals surface area contributed by atoms with Gasteiger partial charge in [0.05, 0.1) is 0 Å². The molecule has 120 valence electrons. The second-order valence-corrected chi connectivity index (χ2v) is 7.12. The Morgan fingerprint density at radius 3 is 2.57 bits per heavy atom. The van der Waals surface area contributed by atoms with Crippen LogP contribution in [0.2, 0.25) is 0 Å². The number of alkyl halides is 1. The number of hydrogen-bond donors (Lipinski definition) is 1. The quantitative estimate of drug-likeness (QED) is 0.367. The van der Waals surface area contributed by atoms with Crippen LogP contribution in [0.1, 0.15) is 0 Å². The zero-order valence-electron chi connectivity index (χ0n) is 12.7. The molecule has 3 aromatic rings. The molecule has 0 spiro atoms. The average molecular weight is 423 g/mol. The molecule has 3 rings (SSSR count). The molecule has 5 heteroatoms. The molecule has 0 aliphatic heterocycles. The second-order valence-electron chi connectivity index (χ2n) is 4.95. The third-order valence-corrected chi connectivity index (χ3v) is 5.25. The summed E-state index contributed by atoms with van der Waals surface area (Å²) < 4.78 is 18.3. The number of halogens is 2. The van der Waals surface area contributed by atoms with Crippen molar-refractivity contribution < 1.29 is 29.1 Å². The Morgan fingerprint density at radius 2 is 1.83 bits per heavy atom. The Balaban J connectivity index is 1.85. The summed E-state index contributed by atoms with van der Waals surface area (Å²) >= 11 is -0.671. The molecule has 0 saturated heterocycles. The average Bonchev–Trinajstić information content (AvgIpc) is 2.61. The first-order valence-corrected chi connectivity index (χ1v) is 9.28. The summed E-state index contributed by atoms with van der Waals surface area (Å²) in [6.07, 6.45) is 0. The number of anilines is 1. The van der Waals surface area contributed by atoms with Gasteiger partial charge in [0.25, 0.3) is 0 Å². The first-order chi connectivity index (χ1) is 11.3. The van der Waals surface area contributed by atoms with Crippen molar-refractivity contribution in [3.8, 4) is 11.1 Å². The first-order valence-electron chi connectivity index (χ1n) is 7.32. The Hall–Kier alpha value is -1.73. The van der Waals surface area contributed by atoms with Gasteiger partial charge in [0.1, 0.15) is 0 Å². The fraction of sp³-hybridized carbons (Fsp3) is 0.167. The molecule has 0 bridgehead atoms. The molecule has 2 aromatic carbocycles. The fourth-order valence-corrected chi connectivity index (χ4v) is 3.67.